The maximum absolute atomic E-state index is 12.8. The van der Waals surface area contributed by atoms with E-state index in [2.05, 4.69) is 15.9 Å². The fraction of sp³-hybridized carbons (Fsp3) is 0.154. The van der Waals surface area contributed by atoms with Gasteiger partial charge in [0.05, 0.1) is 14.3 Å². The summed E-state index contributed by atoms with van der Waals surface area (Å²) in [5.41, 5.74) is 2.76. The van der Waals surface area contributed by atoms with Gasteiger partial charge in [0, 0.05) is 18.7 Å². The van der Waals surface area contributed by atoms with Crippen LogP contribution >= 0.6 is 27.7 Å². The van der Waals surface area contributed by atoms with Crippen molar-refractivity contribution in [3.05, 3.63) is 109 Å². The van der Waals surface area contributed by atoms with Crippen molar-refractivity contribution in [3.63, 3.8) is 0 Å². The number of halogens is 1. The minimum atomic E-state index is -0.445. The monoisotopic (exact) mass is 552 g/mol. The zero-order chi connectivity index (χ0) is 24.8. The lowest BCUT2D eigenvalue weighted by atomic mass is 10.1. The highest BCUT2D eigenvalue weighted by molar-refractivity contribution is 9.10. The Kier molecular flexibility index (Phi) is 7.99. The van der Waals surface area contributed by atoms with Crippen molar-refractivity contribution in [1.82, 2.24) is 4.90 Å². The number of non-ortho nitro benzene ring substituents is 1. The molecule has 0 aromatic heterocycles. The summed E-state index contributed by atoms with van der Waals surface area (Å²) in [7, 11) is 0. The van der Waals surface area contributed by atoms with E-state index in [1.165, 1.54) is 22.6 Å². The topological polar surface area (TPSA) is 89.7 Å². The van der Waals surface area contributed by atoms with E-state index in [-0.39, 0.29) is 23.4 Å². The highest BCUT2D eigenvalue weighted by Crippen LogP contribution is 2.34. The maximum Gasteiger partial charge on any atom is 0.293 e. The molecule has 0 saturated carbocycles. The van der Waals surface area contributed by atoms with Gasteiger partial charge in [-0.3, -0.25) is 24.6 Å². The number of carbonyl (C=O) groups is 2. The third-order valence-electron chi connectivity index (χ3n) is 5.36. The van der Waals surface area contributed by atoms with E-state index in [0.29, 0.717) is 28.1 Å². The standard InChI is InChI=1S/C26H21BrN2O5S/c27-22-15-20(10-13-23(22)34-17-19-8-11-21(12-9-19)29(32)33)16-24-25(30)28(26(31)35-24)14-4-7-18-5-2-1-3-6-18/h1-3,5-6,8-13,15-16H,4,7,14,17H2/b24-16+. The van der Waals surface area contributed by atoms with E-state index >= 15 is 0 Å². The first-order valence-corrected chi connectivity index (χ1v) is 12.5. The largest absolute Gasteiger partial charge is 0.488 e. The molecule has 1 saturated heterocycles. The van der Waals surface area contributed by atoms with E-state index in [1.807, 2.05) is 36.4 Å². The summed E-state index contributed by atoms with van der Waals surface area (Å²) in [6.07, 6.45) is 3.21. The van der Waals surface area contributed by atoms with Crippen LogP contribution in [0.25, 0.3) is 6.08 Å². The Morgan fingerprint density at radius 2 is 1.74 bits per heavy atom. The van der Waals surface area contributed by atoms with E-state index in [9.17, 15) is 19.7 Å². The Labute approximate surface area is 215 Å². The molecule has 0 N–H and O–H groups in total. The van der Waals surface area contributed by atoms with Crippen molar-refractivity contribution in [3.8, 4) is 5.75 Å². The summed E-state index contributed by atoms with van der Waals surface area (Å²) < 4.78 is 6.50. The molecule has 1 aliphatic heterocycles. The number of hydrogen-bond donors (Lipinski definition) is 0. The lowest BCUT2D eigenvalue weighted by Gasteiger charge is -2.12. The molecule has 7 nitrogen and oxygen atoms in total. The number of carbonyl (C=O) groups excluding carboxylic acids is 2. The predicted octanol–water partition coefficient (Wildman–Crippen LogP) is 6.61. The number of amides is 2. The van der Waals surface area contributed by atoms with Crippen LogP contribution in [0.15, 0.2) is 82.2 Å². The summed E-state index contributed by atoms with van der Waals surface area (Å²) >= 11 is 4.43. The highest BCUT2D eigenvalue weighted by atomic mass is 79.9. The molecule has 9 heteroatoms. The van der Waals surface area contributed by atoms with Crippen molar-refractivity contribution in [2.24, 2.45) is 0 Å². The third-order valence-corrected chi connectivity index (χ3v) is 6.89. The lowest BCUT2D eigenvalue weighted by molar-refractivity contribution is -0.384. The second-order valence-corrected chi connectivity index (χ2v) is 9.67. The van der Waals surface area contributed by atoms with Gasteiger partial charge in [0.1, 0.15) is 12.4 Å². The van der Waals surface area contributed by atoms with Crippen molar-refractivity contribution in [1.29, 1.82) is 0 Å². The summed E-state index contributed by atoms with van der Waals surface area (Å²) in [5, 5.41) is 10.5. The highest BCUT2D eigenvalue weighted by Gasteiger charge is 2.34. The summed E-state index contributed by atoms with van der Waals surface area (Å²) in [5.74, 6) is 0.317. The van der Waals surface area contributed by atoms with Gasteiger partial charge >= 0.3 is 0 Å². The number of nitro groups is 1. The molecule has 3 aromatic rings. The molecule has 0 bridgehead atoms. The van der Waals surface area contributed by atoms with Crippen LogP contribution in [0.3, 0.4) is 0 Å². The van der Waals surface area contributed by atoms with Crippen LogP contribution in [0.1, 0.15) is 23.1 Å². The van der Waals surface area contributed by atoms with E-state index < -0.39 is 4.92 Å². The molecule has 2 amide bonds. The fourth-order valence-corrected chi connectivity index (χ4v) is 4.91. The number of ether oxygens (including phenoxy) is 1. The fourth-order valence-electron chi connectivity index (χ4n) is 3.53. The van der Waals surface area contributed by atoms with Gasteiger partial charge in [-0.15, -0.1) is 0 Å². The van der Waals surface area contributed by atoms with Crippen molar-refractivity contribution < 1.29 is 19.2 Å². The molecule has 4 rings (SSSR count). The van der Waals surface area contributed by atoms with Crippen molar-refractivity contribution >= 4 is 50.6 Å². The summed E-state index contributed by atoms with van der Waals surface area (Å²) in [6.45, 7) is 0.633. The van der Waals surface area contributed by atoms with Crippen LogP contribution < -0.4 is 4.74 Å². The molecule has 1 heterocycles. The Morgan fingerprint density at radius 3 is 2.43 bits per heavy atom. The maximum atomic E-state index is 12.8. The molecule has 1 fully saturated rings. The van der Waals surface area contributed by atoms with Crippen LogP contribution in [-0.4, -0.2) is 27.5 Å². The quantitative estimate of drug-likeness (QED) is 0.168. The summed E-state index contributed by atoms with van der Waals surface area (Å²) in [6, 6.07) is 21.5. The number of hydrogen-bond acceptors (Lipinski definition) is 6. The molecular weight excluding hydrogens is 532 g/mol. The molecule has 1 aliphatic rings. The van der Waals surface area contributed by atoms with Gasteiger partial charge in [0.2, 0.25) is 0 Å². The number of nitrogens with zero attached hydrogens (tertiary/aromatic N) is 2. The van der Waals surface area contributed by atoms with E-state index in [0.717, 1.165) is 29.3 Å². The number of benzene rings is 3. The Balaban J connectivity index is 1.35. The minimum absolute atomic E-state index is 0.0277. The second kappa shape index (κ2) is 11.3. The molecule has 0 aliphatic carbocycles. The van der Waals surface area contributed by atoms with Gasteiger partial charge in [-0.1, -0.05) is 36.4 Å². The lowest BCUT2D eigenvalue weighted by Crippen LogP contribution is -2.29. The smallest absolute Gasteiger partial charge is 0.293 e. The van der Waals surface area contributed by atoms with Gasteiger partial charge < -0.3 is 4.74 Å². The van der Waals surface area contributed by atoms with Gasteiger partial charge in [0.15, 0.2) is 0 Å². The molecule has 0 spiro atoms. The van der Waals surface area contributed by atoms with Crippen LogP contribution in [0, 0.1) is 10.1 Å². The third kappa shape index (κ3) is 6.37. The first-order chi connectivity index (χ1) is 16.9. The Hall–Kier alpha value is -3.43. The number of imide groups is 1. The zero-order valence-corrected chi connectivity index (χ0v) is 21.0. The number of nitro benzene ring substituents is 1. The van der Waals surface area contributed by atoms with Crippen LogP contribution in [0.5, 0.6) is 5.75 Å². The first kappa shape index (κ1) is 24.7. The predicted molar refractivity (Wildman–Crippen MR) is 139 cm³/mol. The number of thioether (sulfide) groups is 1. The molecular formula is C26H21BrN2O5S. The van der Waals surface area contributed by atoms with Gasteiger partial charge in [-0.2, -0.15) is 0 Å². The van der Waals surface area contributed by atoms with Gasteiger partial charge in [-0.05, 0) is 87.6 Å². The summed E-state index contributed by atoms with van der Waals surface area (Å²) in [4.78, 5) is 37.2. The second-order valence-electron chi connectivity index (χ2n) is 7.82. The Bertz CT molecular complexity index is 1280. The average Bonchev–Trinajstić information content (AvgIpc) is 3.11. The van der Waals surface area contributed by atoms with Crippen molar-refractivity contribution in [2.75, 3.05) is 6.54 Å². The van der Waals surface area contributed by atoms with E-state index in [1.54, 1.807) is 30.3 Å². The first-order valence-electron chi connectivity index (χ1n) is 10.9. The van der Waals surface area contributed by atoms with Crippen LogP contribution in [0.2, 0.25) is 0 Å². The SMILES string of the molecule is O=C1S/C(=C/c2ccc(OCc3ccc([N+](=O)[O-])cc3)c(Br)c2)C(=O)N1CCCc1ccccc1. The van der Waals surface area contributed by atoms with Crippen LogP contribution in [0.4, 0.5) is 10.5 Å². The Morgan fingerprint density at radius 1 is 1.00 bits per heavy atom. The molecule has 178 valence electrons. The van der Waals surface area contributed by atoms with Gasteiger partial charge in [0.25, 0.3) is 16.8 Å². The number of aryl methyl sites for hydroxylation is 1. The molecule has 0 atom stereocenters. The number of rotatable bonds is 9. The zero-order valence-electron chi connectivity index (χ0n) is 18.6. The molecule has 0 unspecified atom stereocenters. The normalized spacial score (nSPS) is 14.5. The minimum Gasteiger partial charge on any atom is -0.488 e. The van der Waals surface area contributed by atoms with Gasteiger partial charge in [-0.25, -0.2) is 0 Å². The van der Waals surface area contributed by atoms with E-state index in [4.69, 9.17) is 4.74 Å². The molecule has 0 radical (unpaired) electrons. The molecule has 3 aromatic carbocycles. The average molecular weight is 553 g/mol. The van der Waals surface area contributed by atoms with Crippen molar-refractivity contribution in [2.45, 2.75) is 19.4 Å². The van der Waals surface area contributed by atoms with Crippen LogP contribution in [-0.2, 0) is 17.8 Å². The molecule has 35 heavy (non-hydrogen) atoms.